The minimum Gasteiger partial charge on any atom is -0.505 e. The molecule has 0 radical (unpaired) electrons. The zero-order valence-electron chi connectivity index (χ0n) is 9.96. The van der Waals surface area contributed by atoms with E-state index in [1.54, 1.807) is 0 Å². The highest BCUT2D eigenvalue weighted by Gasteiger charge is 2.24. The van der Waals surface area contributed by atoms with Gasteiger partial charge >= 0.3 is 5.97 Å². The van der Waals surface area contributed by atoms with E-state index in [1.165, 1.54) is 18.2 Å². The van der Waals surface area contributed by atoms with Gasteiger partial charge in [0, 0.05) is 0 Å². The van der Waals surface area contributed by atoms with E-state index in [4.69, 9.17) is 14.6 Å². The van der Waals surface area contributed by atoms with Crippen molar-refractivity contribution in [2.75, 3.05) is 25.1 Å². The van der Waals surface area contributed by atoms with Crippen molar-refractivity contribution in [1.29, 1.82) is 0 Å². The molecule has 1 aliphatic heterocycles. The molecule has 0 bridgehead atoms. The van der Waals surface area contributed by atoms with Gasteiger partial charge in [0.2, 0.25) is 0 Å². The molecule has 1 fully saturated rings. The molecule has 19 heavy (non-hydrogen) atoms. The van der Waals surface area contributed by atoms with Crippen molar-refractivity contribution in [2.45, 2.75) is 6.10 Å². The Morgan fingerprint density at radius 3 is 2.74 bits per heavy atom. The molecule has 2 rings (SSSR count). The predicted octanol–water partition coefficient (Wildman–Crippen LogP) is 0.444. The molecule has 1 aliphatic rings. The molecule has 1 aromatic carbocycles. The molecule has 7 heteroatoms. The summed E-state index contributed by atoms with van der Waals surface area (Å²) in [5.41, 5.74) is -0.252. The summed E-state index contributed by atoms with van der Waals surface area (Å²) in [6, 6.07) is 4.08. The Labute approximate surface area is 108 Å². The Balaban J connectivity index is 2.12. The van der Waals surface area contributed by atoms with Crippen molar-refractivity contribution in [3.63, 3.8) is 0 Å². The quantitative estimate of drug-likeness (QED) is 0.686. The number of nitrogens with one attached hydrogen (secondary N) is 1. The highest BCUT2D eigenvalue weighted by molar-refractivity contribution is 5.99. The van der Waals surface area contributed by atoms with Crippen LogP contribution in [0.25, 0.3) is 0 Å². The topological polar surface area (TPSA) is 105 Å². The molecule has 102 valence electrons. The number of aromatic hydroxyl groups is 1. The lowest BCUT2D eigenvalue weighted by atomic mass is 10.1. The number of hydrogen-bond acceptors (Lipinski definition) is 5. The first-order valence-corrected chi connectivity index (χ1v) is 5.65. The van der Waals surface area contributed by atoms with E-state index >= 15 is 0 Å². The van der Waals surface area contributed by atoms with Gasteiger partial charge in [-0.1, -0.05) is 6.07 Å². The fourth-order valence-corrected chi connectivity index (χ4v) is 1.67. The number of anilines is 1. The standard InChI is InChI=1S/C12H13NO6/c14-10-7(12(16)17)2-1-3-8(10)13-11(15)9-6-18-4-5-19-9/h1-3,9,14H,4-6H2,(H,13,15)(H,16,17). The van der Waals surface area contributed by atoms with Gasteiger partial charge in [0.25, 0.3) is 5.91 Å². The fourth-order valence-electron chi connectivity index (χ4n) is 1.67. The molecule has 1 amide bonds. The lowest BCUT2D eigenvalue weighted by molar-refractivity contribution is -0.142. The summed E-state index contributed by atoms with van der Waals surface area (Å²) in [4.78, 5) is 22.7. The summed E-state index contributed by atoms with van der Waals surface area (Å²) in [6.07, 6.45) is -0.762. The van der Waals surface area contributed by atoms with E-state index < -0.39 is 23.7 Å². The van der Waals surface area contributed by atoms with Gasteiger partial charge in [-0.15, -0.1) is 0 Å². The van der Waals surface area contributed by atoms with Crippen molar-refractivity contribution >= 4 is 17.6 Å². The molecule has 1 unspecified atom stereocenters. The minimum absolute atomic E-state index is 0.0269. The van der Waals surface area contributed by atoms with Crippen molar-refractivity contribution in [3.8, 4) is 5.75 Å². The van der Waals surface area contributed by atoms with Gasteiger partial charge in [-0.2, -0.15) is 0 Å². The van der Waals surface area contributed by atoms with Crippen LogP contribution in [0.2, 0.25) is 0 Å². The molecule has 1 heterocycles. The predicted molar refractivity (Wildman–Crippen MR) is 64.3 cm³/mol. The number of aromatic carboxylic acids is 1. The number of hydrogen-bond donors (Lipinski definition) is 3. The Bertz CT molecular complexity index is 495. The van der Waals surface area contributed by atoms with Crippen LogP contribution in [0.3, 0.4) is 0 Å². The average molecular weight is 267 g/mol. The SMILES string of the molecule is O=C(O)c1cccc(NC(=O)C2COCCO2)c1O. The van der Waals surface area contributed by atoms with E-state index in [9.17, 15) is 14.7 Å². The number of carbonyl (C=O) groups excluding carboxylic acids is 1. The van der Waals surface area contributed by atoms with Crippen molar-refractivity contribution in [2.24, 2.45) is 0 Å². The third-order valence-electron chi connectivity index (χ3n) is 2.63. The fraction of sp³-hybridized carbons (Fsp3) is 0.333. The second kappa shape index (κ2) is 5.68. The summed E-state index contributed by atoms with van der Waals surface area (Å²) in [7, 11) is 0. The zero-order valence-corrected chi connectivity index (χ0v) is 9.96. The summed E-state index contributed by atoms with van der Waals surface area (Å²) in [5, 5.41) is 21.0. The van der Waals surface area contributed by atoms with Gasteiger partial charge in [0.05, 0.1) is 25.5 Å². The average Bonchev–Trinajstić information content (AvgIpc) is 2.41. The molecule has 1 atom stereocenters. The smallest absolute Gasteiger partial charge is 0.339 e. The van der Waals surface area contributed by atoms with Crippen LogP contribution in [0.15, 0.2) is 18.2 Å². The molecular formula is C12H13NO6. The first-order valence-electron chi connectivity index (χ1n) is 5.65. The second-order valence-corrected chi connectivity index (χ2v) is 3.93. The summed E-state index contributed by atoms with van der Waals surface area (Å²) < 4.78 is 10.3. The highest BCUT2D eigenvalue weighted by Crippen LogP contribution is 2.27. The van der Waals surface area contributed by atoms with E-state index in [1.807, 2.05) is 0 Å². The van der Waals surface area contributed by atoms with Crippen molar-refractivity contribution in [1.82, 2.24) is 0 Å². The molecule has 3 N–H and O–H groups in total. The van der Waals surface area contributed by atoms with E-state index in [0.717, 1.165) is 0 Å². The van der Waals surface area contributed by atoms with Crippen molar-refractivity contribution < 1.29 is 29.3 Å². The number of phenols is 1. The molecule has 1 aromatic rings. The number of rotatable bonds is 3. The summed E-state index contributed by atoms with van der Waals surface area (Å²) >= 11 is 0. The lowest BCUT2D eigenvalue weighted by Crippen LogP contribution is -2.39. The molecule has 0 saturated carbocycles. The van der Waals surface area contributed by atoms with Gasteiger partial charge in [-0.25, -0.2) is 4.79 Å². The maximum absolute atomic E-state index is 11.8. The van der Waals surface area contributed by atoms with Crippen LogP contribution in [0.4, 0.5) is 5.69 Å². The molecular weight excluding hydrogens is 254 g/mol. The Hall–Kier alpha value is -2.12. The lowest BCUT2D eigenvalue weighted by Gasteiger charge is -2.22. The highest BCUT2D eigenvalue weighted by atomic mass is 16.6. The van der Waals surface area contributed by atoms with E-state index in [2.05, 4.69) is 5.32 Å². The van der Waals surface area contributed by atoms with Crippen LogP contribution in [-0.4, -0.2) is 48.0 Å². The van der Waals surface area contributed by atoms with Crippen LogP contribution in [0, 0.1) is 0 Å². The molecule has 0 spiro atoms. The number of amides is 1. The van der Waals surface area contributed by atoms with Crippen LogP contribution < -0.4 is 5.32 Å². The van der Waals surface area contributed by atoms with Crippen molar-refractivity contribution in [3.05, 3.63) is 23.8 Å². The zero-order chi connectivity index (χ0) is 13.8. The maximum Gasteiger partial charge on any atom is 0.339 e. The third-order valence-corrected chi connectivity index (χ3v) is 2.63. The molecule has 7 nitrogen and oxygen atoms in total. The summed E-state index contributed by atoms with van der Waals surface area (Å²) in [5.74, 6) is -2.25. The number of carbonyl (C=O) groups is 2. The van der Waals surface area contributed by atoms with Crippen LogP contribution in [0.1, 0.15) is 10.4 Å². The Kier molecular flexibility index (Phi) is 3.98. The van der Waals surface area contributed by atoms with Crippen LogP contribution in [-0.2, 0) is 14.3 Å². The number of para-hydroxylation sites is 1. The number of benzene rings is 1. The largest absolute Gasteiger partial charge is 0.505 e. The Morgan fingerprint density at radius 2 is 2.11 bits per heavy atom. The normalized spacial score (nSPS) is 18.8. The first kappa shape index (κ1) is 13.3. The second-order valence-electron chi connectivity index (χ2n) is 3.93. The monoisotopic (exact) mass is 267 g/mol. The van der Waals surface area contributed by atoms with Crippen LogP contribution in [0.5, 0.6) is 5.75 Å². The van der Waals surface area contributed by atoms with Crippen LogP contribution >= 0.6 is 0 Å². The van der Waals surface area contributed by atoms with Gasteiger partial charge in [0.1, 0.15) is 5.56 Å². The van der Waals surface area contributed by atoms with E-state index in [-0.39, 0.29) is 17.9 Å². The summed E-state index contributed by atoms with van der Waals surface area (Å²) in [6.45, 7) is 0.883. The van der Waals surface area contributed by atoms with Gasteiger partial charge in [-0.3, -0.25) is 4.79 Å². The molecule has 1 saturated heterocycles. The number of carboxylic acids is 1. The molecule has 0 aromatic heterocycles. The first-order chi connectivity index (χ1) is 9.09. The Morgan fingerprint density at radius 1 is 1.32 bits per heavy atom. The van der Waals surface area contributed by atoms with Gasteiger partial charge in [0.15, 0.2) is 11.9 Å². The maximum atomic E-state index is 11.8. The third kappa shape index (κ3) is 3.01. The van der Waals surface area contributed by atoms with Gasteiger partial charge < -0.3 is 25.0 Å². The van der Waals surface area contributed by atoms with Gasteiger partial charge in [-0.05, 0) is 12.1 Å². The minimum atomic E-state index is -1.27. The number of carboxylic acid groups (broad SMARTS) is 1. The number of ether oxygens (including phenoxy) is 2. The molecule has 0 aliphatic carbocycles. The van der Waals surface area contributed by atoms with E-state index in [0.29, 0.717) is 13.2 Å².